The Kier molecular flexibility index (Phi) is 18.4. The van der Waals surface area contributed by atoms with Gasteiger partial charge in [-0.25, -0.2) is 19.4 Å². The number of rotatable bonds is 26. The molecule has 0 aromatic heterocycles. The van der Waals surface area contributed by atoms with E-state index >= 15 is 0 Å². The Labute approximate surface area is 342 Å². The van der Waals surface area contributed by atoms with Gasteiger partial charge in [-0.3, -0.25) is 0 Å². The molecule has 2 aliphatic rings. The summed E-state index contributed by atoms with van der Waals surface area (Å²) >= 11 is 0. The number of esters is 2. The number of azo groups is 1. The summed E-state index contributed by atoms with van der Waals surface area (Å²) in [6.45, 7) is 14.2. The number of carbonyl (C=O) groups excluding carboxylic acids is 2. The minimum Gasteiger partial charge on any atom is -0.494 e. The Bertz CT molecular complexity index is 1750. The number of nitrogens with zero attached hydrogens (tertiary/aromatic N) is 2. The number of hydrogen-bond donors (Lipinski definition) is 0. The van der Waals surface area contributed by atoms with E-state index in [2.05, 4.69) is 35.5 Å². The second kappa shape index (κ2) is 24.1. The minimum absolute atomic E-state index is 0.0465. The maximum atomic E-state index is 11.1. The smallest absolute Gasteiger partial charge is 0.330 e. The lowest BCUT2D eigenvalue weighted by molar-refractivity contribution is -0.341. The van der Waals surface area contributed by atoms with Gasteiger partial charge in [0, 0.05) is 18.1 Å². The van der Waals surface area contributed by atoms with Crippen LogP contribution in [0.2, 0.25) is 0 Å². The molecular formula is C46H58N2O10. The van der Waals surface area contributed by atoms with Crippen LogP contribution >= 0.6 is 0 Å². The predicted octanol–water partition coefficient (Wildman–Crippen LogP) is 9.53. The van der Waals surface area contributed by atoms with Crippen molar-refractivity contribution in [3.8, 4) is 11.5 Å². The van der Waals surface area contributed by atoms with Crippen LogP contribution in [0.5, 0.6) is 11.5 Å². The van der Waals surface area contributed by atoms with Gasteiger partial charge in [-0.05, 0) is 130 Å². The molecule has 3 aromatic carbocycles. The maximum absolute atomic E-state index is 11.1. The molecule has 0 N–H and O–H groups in total. The van der Waals surface area contributed by atoms with Crippen molar-refractivity contribution >= 4 is 23.3 Å². The lowest BCUT2D eigenvalue weighted by atomic mass is 9.94. The van der Waals surface area contributed by atoms with Crippen molar-refractivity contribution in [2.75, 3.05) is 39.6 Å². The zero-order valence-electron chi connectivity index (χ0n) is 33.9. The van der Waals surface area contributed by atoms with E-state index in [1.54, 1.807) is 0 Å². The largest absolute Gasteiger partial charge is 0.494 e. The van der Waals surface area contributed by atoms with Crippen LogP contribution in [0.1, 0.15) is 73.6 Å². The van der Waals surface area contributed by atoms with Gasteiger partial charge in [0.05, 0.1) is 57.1 Å². The molecule has 312 valence electrons. The SMILES string of the molecule is C=CC(=O)OCCCCCCOc1ccc(C[C@@H]2CO[C@H]3[C@@H]2OC[C@@H]3OOCc2ccc(N=Nc3c(C)cc(OCCCCCCOC(=O)C=C)cc3C)cc2)cc1. The van der Waals surface area contributed by atoms with Crippen molar-refractivity contribution in [2.24, 2.45) is 16.1 Å². The van der Waals surface area contributed by atoms with Crippen LogP contribution in [0.4, 0.5) is 11.4 Å². The Balaban J connectivity index is 0.954. The van der Waals surface area contributed by atoms with Crippen LogP contribution in [0.25, 0.3) is 0 Å². The highest BCUT2D eigenvalue weighted by Gasteiger charge is 2.48. The molecule has 4 atom stereocenters. The lowest BCUT2D eigenvalue weighted by Crippen LogP contribution is -2.31. The van der Waals surface area contributed by atoms with Gasteiger partial charge in [0.1, 0.15) is 30.3 Å². The maximum Gasteiger partial charge on any atom is 0.330 e. The zero-order chi connectivity index (χ0) is 41.0. The van der Waals surface area contributed by atoms with Crippen LogP contribution in [0, 0.1) is 19.8 Å². The Hall–Kier alpha value is -4.88. The second-order valence-corrected chi connectivity index (χ2v) is 14.6. The zero-order valence-corrected chi connectivity index (χ0v) is 33.9. The molecule has 2 heterocycles. The average Bonchev–Trinajstić information content (AvgIpc) is 3.83. The standard InChI is InChI=1S/C46H58N2O10/c1-5-42(49)53-25-13-9-7-11-23-51-39-21-17-35(18-22-39)29-37-31-55-46-41(32-56-45(37)46)58-57-30-36-15-19-38(20-16-36)47-48-44-33(3)27-40(28-34(44)4)52-24-12-8-10-14-26-54-43(50)6-2/h5-6,15-22,27-28,37,41,45-46H,1-2,7-14,23-26,29-32H2,3-4H3/t37-,41+,45-,46-/m1/s1. The third-order valence-electron chi connectivity index (χ3n) is 10.1. The molecule has 0 radical (unpaired) electrons. The minimum atomic E-state index is -0.378. The molecule has 0 amide bonds. The van der Waals surface area contributed by atoms with Gasteiger partial charge in [0.2, 0.25) is 0 Å². The molecule has 5 rings (SSSR count). The van der Waals surface area contributed by atoms with Gasteiger partial charge in [-0.1, -0.05) is 37.4 Å². The Morgan fingerprint density at radius 3 is 1.83 bits per heavy atom. The number of carbonyl (C=O) groups is 2. The number of fused-ring (bicyclic) bond motifs is 1. The number of hydrogen-bond acceptors (Lipinski definition) is 12. The molecule has 2 fully saturated rings. The van der Waals surface area contributed by atoms with Gasteiger partial charge in [-0.15, -0.1) is 0 Å². The van der Waals surface area contributed by atoms with Gasteiger partial charge in [-0.2, -0.15) is 10.2 Å². The summed E-state index contributed by atoms with van der Waals surface area (Å²) < 4.78 is 34.2. The van der Waals surface area contributed by atoms with Crippen LogP contribution in [0.3, 0.4) is 0 Å². The molecule has 0 bridgehead atoms. The molecule has 0 aliphatic carbocycles. The summed E-state index contributed by atoms with van der Waals surface area (Å²) in [4.78, 5) is 33.6. The molecule has 12 heteroatoms. The van der Waals surface area contributed by atoms with Crippen molar-refractivity contribution in [1.82, 2.24) is 0 Å². The average molecular weight is 799 g/mol. The second-order valence-electron chi connectivity index (χ2n) is 14.6. The van der Waals surface area contributed by atoms with Crippen LogP contribution < -0.4 is 9.47 Å². The van der Waals surface area contributed by atoms with Crippen LogP contribution in [-0.2, 0) is 51.3 Å². The van der Waals surface area contributed by atoms with Gasteiger partial charge in [0.25, 0.3) is 0 Å². The fourth-order valence-electron chi connectivity index (χ4n) is 6.90. The predicted molar refractivity (Wildman–Crippen MR) is 220 cm³/mol. The molecular weight excluding hydrogens is 741 g/mol. The van der Waals surface area contributed by atoms with E-state index in [0.29, 0.717) is 39.6 Å². The highest BCUT2D eigenvalue weighted by Crippen LogP contribution is 2.35. The highest BCUT2D eigenvalue weighted by molar-refractivity contribution is 5.81. The van der Waals surface area contributed by atoms with Crippen molar-refractivity contribution in [3.63, 3.8) is 0 Å². The van der Waals surface area contributed by atoms with Crippen molar-refractivity contribution in [3.05, 3.63) is 108 Å². The first-order valence-electron chi connectivity index (χ1n) is 20.4. The molecule has 0 unspecified atom stereocenters. The first-order valence-corrected chi connectivity index (χ1v) is 20.4. The van der Waals surface area contributed by atoms with E-state index in [0.717, 1.165) is 97.4 Å². The van der Waals surface area contributed by atoms with E-state index in [4.69, 9.17) is 38.2 Å². The fraction of sp³-hybridized carbons (Fsp3) is 0.478. The first-order chi connectivity index (χ1) is 28.3. The molecule has 0 spiro atoms. The van der Waals surface area contributed by atoms with E-state index in [9.17, 15) is 9.59 Å². The summed E-state index contributed by atoms with van der Waals surface area (Å²) in [6.07, 6.45) is 10.2. The Morgan fingerprint density at radius 1 is 0.672 bits per heavy atom. The summed E-state index contributed by atoms with van der Waals surface area (Å²) in [5.74, 6) is 1.15. The van der Waals surface area contributed by atoms with Gasteiger partial charge in [0.15, 0.2) is 0 Å². The number of unbranched alkanes of at least 4 members (excludes halogenated alkanes) is 6. The number of aryl methyl sites for hydroxylation is 2. The molecule has 2 saturated heterocycles. The highest BCUT2D eigenvalue weighted by atomic mass is 17.2. The van der Waals surface area contributed by atoms with Gasteiger partial charge >= 0.3 is 11.9 Å². The third-order valence-corrected chi connectivity index (χ3v) is 10.1. The normalized spacial score (nSPS) is 18.5. The fourth-order valence-corrected chi connectivity index (χ4v) is 6.90. The van der Waals surface area contributed by atoms with Crippen LogP contribution in [-0.4, -0.2) is 69.9 Å². The van der Waals surface area contributed by atoms with E-state index in [1.165, 1.54) is 17.7 Å². The van der Waals surface area contributed by atoms with E-state index < -0.39 is 0 Å². The molecule has 2 aliphatic heterocycles. The van der Waals surface area contributed by atoms with Gasteiger partial charge < -0.3 is 28.4 Å². The molecule has 12 nitrogen and oxygen atoms in total. The quantitative estimate of drug-likeness (QED) is 0.0193. The number of ether oxygens (including phenoxy) is 6. The van der Waals surface area contributed by atoms with Crippen LogP contribution in [0.15, 0.2) is 96.2 Å². The molecule has 0 saturated carbocycles. The topological polar surface area (TPSA) is 133 Å². The van der Waals surface area contributed by atoms with E-state index in [-0.39, 0.29) is 42.8 Å². The third kappa shape index (κ3) is 14.5. The summed E-state index contributed by atoms with van der Waals surface area (Å²) in [7, 11) is 0. The molecule has 3 aromatic rings. The summed E-state index contributed by atoms with van der Waals surface area (Å²) in [6, 6.07) is 19.9. The lowest BCUT2D eigenvalue weighted by Gasteiger charge is -2.17. The van der Waals surface area contributed by atoms with Crippen molar-refractivity contribution in [2.45, 2.75) is 96.6 Å². The molecule has 58 heavy (non-hydrogen) atoms. The van der Waals surface area contributed by atoms with Crippen molar-refractivity contribution in [1.29, 1.82) is 0 Å². The summed E-state index contributed by atoms with van der Waals surface area (Å²) in [5.41, 5.74) is 5.68. The number of benzene rings is 3. The first kappa shape index (κ1) is 44.2. The Morgan fingerprint density at radius 2 is 1.22 bits per heavy atom. The van der Waals surface area contributed by atoms with Crippen molar-refractivity contribution < 1.29 is 47.8 Å². The van der Waals surface area contributed by atoms with E-state index in [1.807, 2.05) is 62.4 Å². The summed E-state index contributed by atoms with van der Waals surface area (Å²) in [5, 5.41) is 9.01. The monoisotopic (exact) mass is 798 g/mol.